The molecule has 150 valence electrons. The van der Waals surface area contributed by atoms with Crippen molar-refractivity contribution in [3.63, 3.8) is 0 Å². The number of hydrogen-bond donors (Lipinski definition) is 0. The normalized spacial score (nSPS) is 15.8. The lowest BCUT2D eigenvalue weighted by Crippen LogP contribution is -2.30. The maximum Gasteiger partial charge on any atom is 0.290 e. The van der Waals surface area contributed by atoms with Crippen LogP contribution in [0.3, 0.4) is 0 Å². The van der Waals surface area contributed by atoms with E-state index in [-0.39, 0.29) is 17.1 Å². The topological polar surface area (TPSA) is 59.8 Å². The summed E-state index contributed by atoms with van der Waals surface area (Å²) in [5.41, 5.74) is 3.49. The van der Waals surface area contributed by atoms with Gasteiger partial charge in [-0.1, -0.05) is 25.1 Å². The van der Waals surface area contributed by atoms with E-state index in [0.717, 1.165) is 28.9 Å². The van der Waals surface area contributed by atoms with Gasteiger partial charge in [-0.25, -0.2) is 0 Å². The molecule has 1 aromatic heterocycles. The van der Waals surface area contributed by atoms with Gasteiger partial charge in [0.25, 0.3) is 5.91 Å². The summed E-state index contributed by atoms with van der Waals surface area (Å²) >= 11 is 0. The molecule has 0 fully saturated rings. The third-order valence-corrected chi connectivity index (χ3v) is 5.35. The van der Waals surface area contributed by atoms with Gasteiger partial charge < -0.3 is 14.1 Å². The lowest BCUT2D eigenvalue weighted by molar-refractivity contribution is 0.0728. The molecular formula is C24H25NO4. The minimum Gasteiger partial charge on any atom is -0.494 e. The summed E-state index contributed by atoms with van der Waals surface area (Å²) in [6.07, 6.45) is 0.785. The minimum atomic E-state index is -0.473. The van der Waals surface area contributed by atoms with E-state index in [1.165, 1.54) is 0 Å². The Bertz CT molecular complexity index is 1160. The Morgan fingerprint density at radius 2 is 1.90 bits per heavy atom. The molecule has 0 aliphatic carbocycles. The Morgan fingerprint density at radius 1 is 1.10 bits per heavy atom. The highest BCUT2D eigenvalue weighted by molar-refractivity contribution is 5.99. The van der Waals surface area contributed by atoms with Crippen molar-refractivity contribution in [1.82, 2.24) is 4.90 Å². The van der Waals surface area contributed by atoms with Gasteiger partial charge in [0.2, 0.25) is 5.76 Å². The maximum absolute atomic E-state index is 13.5. The van der Waals surface area contributed by atoms with Crippen LogP contribution in [-0.2, 0) is 0 Å². The summed E-state index contributed by atoms with van der Waals surface area (Å²) in [6, 6.07) is 10.9. The number of rotatable bonds is 5. The molecule has 1 amide bonds. The molecule has 0 bridgehead atoms. The SMILES string of the molecule is CCCN1C(=O)c2oc3c(C)cc(C)cc3c(=O)c2C1c1cccc(OCC)c1. The second-order valence-electron chi connectivity index (χ2n) is 7.54. The zero-order valence-electron chi connectivity index (χ0n) is 17.2. The largest absolute Gasteiger partial charge is 0.494 e. The molecule has 0 saturated heterocycles. The van der Waals surface area contributed by atoms with Crippen LogP contribution in [-0.4, -0.2) is 24.0 Å². The number of ether oxygens (including phenoxy) is 1. The summed E-state index contributed by atoms with van der Waals surface area (Å²) in [6.45, 7) is 8.89. The fraction of sp³-hybridized carbons (Fsp3) is 0.333. The molecule has 0 radical (unpaired) electrons. The van der Waals surface area contributed by atoms with E-state index in [0.29, 0.717) is 29.7 Å². The number of benzene rings is 2. The Hall–Kier alpha value is -3.08. The van der Waals surface area contributed by atoms with Crippen LogP contribution in [0.4, 0.5) is 0 Å². The van der Waals surface area contributed by atoms with Crippen LogP contribution in [0.25, 0.3) is 11.0 Å². The van der Waals surface area contributed by atoms with Crippen molar-refractivity contribution >= 4 is 16.9 Å². The van der Waals surface area contributed by atoms with Gasteiger partial charge in [0.05, 0.1) is 23.6 Å². The van der Waals surface area contributed by atoms with E-state index in [4.69, 9.17) is 9.15 Å². The first kappa shape index (κ1) is 19.2. The molecule has 1 atom stereocenters. The molecule has 0 N–H and O–H groups in total. The lowest BCUT2D eigenvalue weighted by Gasteiger charge is -2.25. The van der Waals surface area contributed by atoms with Crippen molar-refractivity contribution in [2.24, 2.45) is 0 Å². The molecule has 4 rings (SSSR count). The highest BCUT2D eigenvalue weighted by Gasteiger charge is 2.42. The number of aryl methyl sites for hydroxylation is 2. The number of carbonyl (C=O) groups excluding carboxylic acids is 1. The molecule has 1 aliphatic rings. The first-order valence-electron chi connectivity index (χ1n) is 10.1. The van der Waals surface area contributed by atoms with Crippen LogP contribution in [0.2, 0.25) is 0 Å². The zero-order valence-corrected chi connectivity index (χ0v) is 17.2. The van der Waals surface area contributed by atoms with Gasteiger partial charge in [0, 0.05) is 6.54 Å². The van der Waals surface area contributed by atoms with Gasteiger partial charge >= 0.3 is 0 Å². The van der Waals surface area contributed by atoms with Crippen molar-refractivity contribution < 1.29 is 13.9 Å². The third kappa shape index (κ3) is 3.11. The number of fused-ring (bicyclic) bond motifs is 2. The second kappa shape index (κ2) is 7.39. The summed E-state index contributed by atoms with van der Waals surface area (Å²) in [4.78, 5) is 28.5. The van der Waals surface area contributed by atoms with Crippen LogP contribution >= 0.6 is 0 Å². The van der Waals surface area contributed by atoms with Gasteiger partial charge in [-0.3, -0.25) is 9.59 Å². The monoisotopic (exact) mass is 391 g/mol. The molecule has 29 heavy (non-hydrogen) atoms. The Morgan fingerprint density at radius 3 is 2.62 bits per heavy atom. The Kier molecular flexibility index (Phi) is 4.91. The van der Waals surface area contributed by atoms with E-state index >= 15 is 0 Å². The van der Waals surface area contributed by atoms with E-state index in [1.807, 2.05) is 64.1 Å². The first-order chi connectivity index (χ1) is 14.0. The van der Waals surface area contributed by atoms with Crippen LogP contribution in [0.5, 0.6) is 5.75 Å². The van der Waals surface area contributed by atoms with Crippen molar-refractivity contribution in [1.29, 1.82) is 0 Å². The van der Waals surface area contributed by atoms with Crippen molar-refractivity contribution in [2.75, 3.05) is 13.2 Å². The molecule has 5 heteroatoms. The van der Waals surface area contributed by atoms with Gasteiger partial charge in [-0.2, -0.15) is 0 Å². The van der Waals surface area contributed by atoms with Crippen LogP contribution < -0.4 is 10.2 Å². The molecule has 3 aromatic rings. The number of nitrogens with zero attached hydrogens (tertiary/aromatic N) is 1. The molecular weight excluding hydrogens is 366 g/mol. The predicted octanol–water partition coefficient (Wildman–Crippen LogP) is 4.76. The molecule has 5 nitrogen and oxygen atoms in total. The molecule has 2 aromatic carbocycles. The van der Waals surface area contributed by atoms with Gasteiger partial charge in [-0.15, -0.1) is 0 Å². The van der Waals surface area contributed by atoms with Crippen molar-refractivity contribution in [2.45, 2.75) is 40.2 Å². The fourth-order valence-corrected chi connectivity index (χ4v) is 4.23. The predicted molar refractivity (Wildman–Crippen MR) is 113 cm³/mol. The number of hydrogen-bond acceptors (Lipinski definition) is 4. The van der Waals surface area contributed by atoms with Gasteiger partial charge in [0.1, 0.15) is 11.3 Å². The quantitative estimate of drug-likeness (QED) is 0.629. The molecule has 0 saturated carbocycles. The van der Waals surface area contributed by atoms with E-state index in [1.54, 1.807) is 4.90 Å². The van der Waals surface area contributed by atoms with E-state index < -0.39 is 6.04 Å². The first-order valence-corrected chi connectivity index (χ1v) is 10.1. The lowest BCUT2D eigenvalue weighted by atomic mass is 9.97. The summed E-state index contributed by atoms with van der Waals surface area (Å²) < 4.78 is 11.7. The smallest absolute Gasteiger partial charge is 0.290 e. The van der Waals surface area contributed by atoms with Crippen LogP contribution in [0, 0.1) is 13.8 Å². The van der Waals surface area contributed by atoms with Crippen molar-refractivity contribution in [3.8, 4) is 5.75 Å². The molecule has 0 spiro atoms. The highest BCUT2D eigenvalue weighted by atomic mass is 16.5. The second-order valence-corrected chi connectivity index (χ2v) is 7.54. The molecule has 2 heterocycles. The fourth-order valence-electron chi connectivity index (χ4n) is 4.23. The number of carbonyl (C=O) groups is 1. The minimum absolute atomic E-state index is 0.133. The zero-order chi connectivity index (χ0) is 20.7. The Balaban J connectivity index is 1.99. The van der Waals surface area contributed by atoms with Gasteiger partial charge in [-0.05, 0) is 62.1 Å². The summed E-state index contributed by atoms with van der Waals surface area (Å²) in [5, 5.41) is 0.526. The number of amides is 1. The van der Waals surface area contributed by atoms with Crippen LogP contribution in [0.15, 0.2) is 45.6 Å². The van der Waals surface area contributed by atoms with Gasteiger partial charge in [0.15, 0.2) is 5.43 Å². The van der Waals surface area contributed by atoms with E-state index in [2.05, 4.69) is 0 Å². The average molecular weight is 391 g/mol. The summed E-state index contributed by atoms with van der Waals surface area (Å²) in [7, 11) is 0. The molecule has 1 unspecified atom stereocenters. The standard InChI is InChI=1S/C24H25NO4/c1-5-10-25-20(16-8-7-9-17(13-16)28-6-2)19-21(26)18-12-14(3)11-15(4)22(18)29-23(19)24(25)27/h7-9,11-13,20H,5-6,10H2,1-4H3. The van der Waals surface area contributed by atoms with Crippen molar-refractivity contribution in [3.05, 3.63) is 74.6 Å². The average Bonchev–Trinajstić information content (AvgIpc) is 2.96. The Labute approximate surface area is 169 Å². The molecule has 1 aliphatic heterocycles. The third-order valence-electron chi connectivity index (χ3n) is 5.35. The van der Waals surface area contributed by atoms with Crippen LogP contribution in [0.1, 0.15) is 59.1 Å². The highest BCUT2D eigenvalue weighted by Crippen LogP contribution is 2.39. The summed E-state index contributed by atoms with van der Waals surface area (Å²) in [5.74, 6) is 0.654. The maximum atomic E-state index is 13.5. The van der Waals surface area contributed by atoms with E-state index in [9.17, 15) is 9.59 Å².